The van der Waals surface area contributed by atoms with Crippen molar-refractivity contribution in [2.45, 2.75) is 46.0 Å². The molecule has 0 fully saturated rings. The highest BCUT2D eigenvalue weighted by atomic mass is 16.5. The van der Waals surface area contributed by atoms with Crippen molar-refractivity contribution in [1.82, 2.24) is 0 Å². The normalized spacial score (nSPS) is 12.9. The fraction of sp³-hybridized carbons (Fsp3) is 0.268. The van der Waals surface area contributed by atoms with Gasteiger partial charge in [0.1, 0.15) is 11.5 Å². The van der Waals surface area contributed by atoms with Crippen molar-refractivity contribution >= 4 is 11.9 Å². The first-order chi connectivity index (χ1) is 22.9. The second-order valence-electron chi connectivity index (χ2n) is 11.5. The number of hydrogen-bond donors (Lipinski definition) is 0. The zero-order valence-corrected chi connectivity index (χ0v) is 27.6. The Balaban J connectivity index is 1.44. The first kappa shape index (κ1) is 33.3. The quantitative estimate of drug-likeness (QED) is 0.0697. The summed E-state index contributed by atoms with van der Waals surface area (Å²) in [6, 6.07) is 30.2. The predicted molar refractivity (Wildman–Crippen MR) is 185 cm³/mol. The molecule has 4 aromatic carbocycles. The Labute approximate surface area is 277 Å². The Hall–Kier alpha value is -5.10. The summed E-state index contributed by atoms with van der Waals surface area (Å²) in [5.41, 5.74) is 8.70. The van der Waals surface area contributed by atoms with E-state index >= 15 is 0 Å². The van der Waals surface area contributed by atoms with Gasteiger partial charge >= 0.3 is 11.9 Å². The maximum atomic E-state index is 11.6. The number of benzene rings is 4. The Morgan fingerprint density at radius 2 is 1.02 bits per heavy atom. The van der Waals surface area contributed by atoms with Gasteiger partial charge in [-0.3, -0.25) is 0 Å². The zero-order valence-electron chi connectivity index (χ0n) is 27.6. The van der Waals surface area contributed by atoms with Gasteiger partial charge in [-0.05, 0) is 84.3 Å². The number of carbonyl (C=O) groups is 2. The minimum atomic E-state index is -0.554. The van der Waals surface area contributed by atoms with Crippen molar-refractivity contribution in [2.24, 2.45) is 0 Å². The minimum Gasteiger partial charge on any atom is -0.493 e. The highest BCUT2D eigenvalue weighted by Gasteiger charge is 2.46. The van der Waals surface area contributed by atoms with Crippen LogP contribution in [0.4, 0.5) is 0 Å². The van der Waals surface area contributed by atoms with Crippen molar-refractivity contribution in [3.63, 3.8) is 0 Å². The molecule has 0 heterocycles. The van der Waals surface area contributed by atoms with Crippen LogP contribution in [0.3, 0.4) is 0 Å². The van der Waals surface area contributed by atoms with E-state index in [1.807, 2.05) is 0 Å². The van der Waals surface area contributed by atoms with Gasteiger partial charge in [-0.15, -0.1) is 0 Å². The van der Waals surface area contributed by atoms with Crippen LogP contribution in [0.2, 0.25) is 0 Å². The lowest BCUT2D eigenvalue weighted by molar-refractivity contribution is -0.138. The summed E-state index contributed by atoms with van der Waals surface area (Å²) in [7, 11) is 0. The van der Waals surface area contributed by atoms with E-state index in [1.165, 1.54) is 34.4 Å². The van der Waals surface area contributed by atoms with Crippen LogP contribution in [0, 0.1) is 13.8 Å². The second-order valence-corrected chi connectivity index (χ2v) is 11.5. The molecule has 0 radical (unpaired) electrons. The van der Waals surface area contributed by atoms with Gasteiger partial charge in [0.25, 0.3) is 0 Å². The lowest BCUT2D eigenvalue weighted by Crippen LogP contribution is -2.29. The van der Waals surface area contributed by atoms with E-state index in [2.05, 4.69) is 98.8 Å². The van der Waals surface area contributed by atoms with E-state index in [1.54, 1.807) is 26.0 Å². The van der Waals surface area contributed by atoms with Crippen LogP contribution in [-0.4, -0.2) is 38.4 Å². The van der Waals surface area contributed by atoms with Gasteiger partial charge in [0, 0.05) is 25.0 Å². The lowest BCUT2D eigenvalue weighted by Gasteiger charge is -2.34. The molecule has 0 unspecified atom stereocenters. The highest BCUT2D eigenvalue weighted by molar-refractivity contribution is 5.86. The van der Waals surface area contributed by atoms with Crippen LogP contribution in [-0.2, 0) is 24.5 Å². The smallest absolute Gasteiger partial charge is 0.330 e. The highest BCUT2D eigenvalue weighted by Crippen LogP contribution is 2.56. The SMILES string of the molecule is CC=CC(=O)OCCCOc1ccc(C2(c3ccc(OCCCOC(=O)C=CC)c(C)c3)c3ccccc3-c3ccccc32)cc1C. The average Bonchev–Trinajstić information content (AvgIpc) is 3.37. The Kier molecular flexibility index (Phi) is 10.9. The molecule has 0 N–H and O–H groups in total. The molecule has 0 bridgehead atoms. The molecule has 0 aliphatic heterocycles. The van der Waals surface area contributed by atoms with Crippen LogP contribution in [0.1, 0.15) is 60.1 Å². The van der Waals surface area contributed by atoms with E-state index in [9.17, 15) is 9.59 Å². The number of aryl methyl sites for hydroxylation is 2. The first-order valence-electron chi connectivity index (χ1n) is 16.2. The summed E-state index contributed by atoms with van der Waals surface area (Å²) < 4.78 is 22.7. The maximum Gasteiger partial charge on any atom is 0.330 e. The van der Waals surface area contributed by atoms with Crippen LogP contribution >= 0.6 is 0 Å². The van der Waals surface area contributed by atoms with Gasteiger partial charge in [0.15, 0.2) is 0 Å². The van der Waals surface area contributed by atoms with Gasteiger partial charge in [-0.1, -0.05) is 84.9 Å². The van der Waals surface area contributed by atoms with Crippen LogP contribution in [0.25, 0.3) is 11.1 Å². The molecule has 0 saturated carbocycles. The lowest BCUT2D eigenvalue weighted by atomic mass is 9.67. The number of allylic oxidation sites excluding steroid dienone is 2. The molecule has 6 nitrogen and oxygen atoms in total. The monoisotopic (exact) mass is 630 g/mol. The molecular formula is C41H42O6. The third-order valence-corrected chi connectivity index (χ3v) is 8.35. The van der Waals surface area contributed by atoms with Crippen molar-refractivity contribution in [1.29, 1.82) is 0 Å². The second kappa shape index (κ2) is 15.5. The van der Waals surface area contributed by atoms with Crippen LogP contribution < -0.4 is 9.47 Å². The number of carbonyl (C=O) groups excluding carboxylic acids is 2. The number of esters is 2. The molecule has 0 amide bonds. The first-order valence-corrected chi connectivity index (χ1v) is 16.2. The third kappa shape index (κ3) is 7.17. The average molecular weight is 631 g/mol. The Morgan fingerprint density at radius 3 is 1.43 bits per heavy atom. The molecule has 0 saturated heterocycles. The zero-order chi connectivity index (χ0) is 33.2. The molecule has 1 aliphatic rings. The van der Waals surface area contributed by atoms with Crippen LogP contribution in [0.15, 0.2) is 109 Å². The number of ether oxygens (including phenoxy) is 4. The number of hydrogen-bond acceptors (Lipinski definition) is 6. The largest absolute Gasteiger partial charge is 0.493 e. The molecular weight excluding hydrogens is 588 g/mol. The molecule has 0 atom stereocenters. The van der Waals surface area contributed by atoms with Gasteiger partial charge < -0.3 is 18.9 Å². The summed E-state index contributed by atoms with van der Waals surface area (Å²) in [4.78, 5) is 23.2. The van der Waals surface area contributed by atoms with Crippen molar-refractivity contribution in [3.05, 3.63) is 143 Å². The third-order valence-electron chi connectivity index (χ3n) is 8.35. The number of rotatable bonds is 14. The van der Waals surface area contributed by atoms with Gasteiger partial charge in [-0.2, -0.15) is 0 Å². The molecule has 0 aromatic heterocycles. The maximum absolute atomic E-state index is 11.6. The molecule has 47 heavy (non-hydrogen) atoms. The Morgan fingerprint density at radius 1 is 0.596 bits per heavy atom. The van der Waals surface area contributed by atoms with E-state index in [0.29, 0.717) is 39.3 Å². The topological polar surface area (TPSA) is 71.1 Å². The van der Waals surface area contributed by atoms with Gasteiger partial charge in [0.2, 0.25) is 0 Å². The van der Waals surface area contributed by atoms with E-state index in [0.717, 1.165) is 33.8 Å². The molecule has 0 spiro atoms. The summed E-state index contributed by atoms with van der Waals surface area (Å²) in [5.74, 6) is 0.931. The fourth-order valence-corrected chi connectivity index (χ4v) is 6.31. The standard InChI is InChI=1S/C41H42O6/c1-5-13-39(42)46-25-11-23-44-37-21-19-31(27-29(37)3)41(35-17-9-7-15-33(35)34-16-8-10-18-36(34)41)32-20-22-38(30(4)28-32)45-24-12-26-47-40(43)14-6-2/h5-10,13-22,27-28H,11-12,23-26H2,1-4H3. The van der Waals surface area contributed by atoms with Crippen LogP contribution in [0.5, 0.6) is 11.5 Å². The van der Waals surface area contributed by atoms with E-state index < -0.39 is 5.41 Å². The van der Waals surface area contributed by atoms with Crippen molar-refractivity contribution in [2.75, 3.05) is 26.4 Å². The summed E-state index contributed by atoms with van der Waals surface area (Å²) in [6.07, 6.45) is 7.35. The molecule has 242 valence electrons. The van der Waals surface area contributed by atoms with Gasteiger partial charge in [-0.25, -0.2) is 9.59 Å². The Bertz CT molecular complexity index is 1650. The van der Waals surface area contributed by atoms with E-state index in [-0.39, 0.29) is 11.9 Å². The van der Waals surface area contributed by atoms with Crippen molar-refractivity contribution in [3.8, 4) is 22.6 Å². The number of fused-ring (bicyclic) bond motifs is 3. The van der Waals surface area contributed by atoms with Crippen molar-refractivity contribution < 1.29 is 28.5 Å². The molecule has 1 aliphatic carbocycles. The molecule has 6 heteroatoms. The predicted octanol–water partition coefficient (Wildman–Crippen LogP) is 8.44. The molecule has 4 aromatic rings. The summed E-state index contributed by atoms with van der Waals surface area (Å²) in [5, 5.41) is 0. The fourth-order valence-electron chi connectivity index (χ4n) is 6.31. The summed E-state index contributed by atoms with van der Waals surface area (Å²) >= 11 is 0. The van der Waals surface area contributed by atoms with E-state index in [4.69, 9.17) is 18.9 Å². The summed E-state index contributed by atoms with van der Waals surface area (Å²) in [6.45, 7) is 9.21. The molecule has 5 rings (SSSR count). The van der Waals surface area contributed by atoms with Gasteiger partial charge in [0.05, 0.1) is 31.8 Å². The minimum absolute atomic E-state index is 0.306.